The molecule has 1 aromatic carbocycles. The van der Waals surface area contributed by atoms with Gasteiger partial charge in [0.25, 0.3) is 5.56 Å². The number of nitrogens with zero attached hydrogens (tertiary/aromatic N) is 3. The molecule has 1 atom stereocenters. The van der Waals surface area contributed by atoms with Gasteiger partial charge in [-0.2, -0.15) is 0 Å². The van der Waals surface area contributed by atoms with Crippen molar-refractivity contribution < 1.29 is 9.90 Å². The minimum absolute atomic E-state index is 0.167. The molecule has 0 saturated heterocycles. The van der Waals surface area contributed by atoms with Crippen LogP contribution in [0.2, 0.25) is 0 Å². The van der Waals surface area contributed by atoms with Crippen LogP contribution < -0.4 is 5.56 Å². The zero-order chi connectivity index (χ0) is 20.3. The third kappa shape index (κ3) is 4.57. The minimum atomic E-state index is -0.647. The fourth-order valence-electron chi connectivity index (χ4n) is 3.55. The number of hydrogen-bond donors (Lipinski definition) is 1. The van der Waals surface area contributed by atoms with Crippen molar-refractivity contribution in [3.8, 4) is 0 Å². The molecule has 0 bridgehead atoms. The fraction of sp³-hybridized carbons (Fsp3) is 0.524. The summed E-state index contributed by atoms with van der Waals surface area (Å²) in [5.41, 5.74) is 0.899. The lowest BCUT2D eigenvalue weighted by Gasteiger charge is -2.32. The third-order valence-corrected chi connectivity index (χ3v) is 5.01. The predicted molar refractivity (Wildman–Crippen MR) is 107 cm³/mol. The van der Waals surface area contributed by atoms with Gasteiger partial charge in [-0.25, -0.2) is 0 Å². The molecule has 6 heteroatoms. The highest BCUT2D eigenvalue weighted by Gasteiger charge is 2.24. The third-order valence-electron chi connectivity index (χ3n) is 5.01. The molecular weight excluding hydrogens is 342 g/mol. The van der Waals surface area contributed by atoms with Crippen molar-refractivity contribution in [1.29, 1.82) is 0 Å². The Morgan fingerprint density at radius 1 is 1.11 bits per heavy atom. The minimum Gasteiger partial charge on any atom is -0.390 e. The van der Waals surface area contributed by atoms with Gasteiger partial charge in [0, 0.05) is 36.9 Å². The molecule has 0 aliphatic carbocycles. The lowest BCUT2D eigenvalue weighted by molar-refractivity contribution is 0.0606. The van der Waals surface area contributed by atoms with E-state index >= 15 is 0 Å². The van der Waals surface area contributed by atoms with E-state index in [1.54, 1.807) is 42.9 Å². The summed E-state index contributed by atoms with van der Waals surface area (Å²) < 4.78 is 3.12. The van der Waals surface area contributed by atoms with Gasteiger partial charge in [-0.05, 0) is 34.6 Å². The lowest BCUT2D eigenvalue weighted by atomic mass is 10.0. The topological polar surface area (TPSA) is 67.5 Å². The monoisotopic (exact) mass is 373 g/mol. The molecule has 6 nitrogen and oxygen atoms in total. The number of benzene rings is 1. The standard InChI is InChI=1S/C21H31N3O3/c1-14(2)23(15(3)4)12-18(25)13-24-16(5)19(21(27)22(24)6)20(26)17-10-8-7-9-11-17/h7-11,14-15,18,25H,12-13H2,1-6H3/t18-/m1/s1. The first-order valence-electron chi connectivity index (χ1n) is 9.45. The molecule has 0 unspecified atom stereocenters. The van der Waals surface area contributed by atoms with Crippen LogP contribution in [-0.2, 0) is 13.6 Å². The summed E-state index contributed by atoms with van der Waals surface area (Å²) in [4.78, 5) is 27.7. The van der Waals surface area contributed by atoms with Gasteiger partial charge in [0.05, 0.1) is 12.6 Å². The number of hydrogen-bond acceptors (Lipinski definition) is 4. The van der Waals surface area contributed by atoms with Crippen LogP contribution in [0.4, 0.5) is 0 Å². The lowest BCUT2D eigenvalue weighted by Crippen LogP contribution is -2.43. The van der Waals surface area contributed by atoms with E-state index in [9.17, 15) is 14.7 Å². The number of ketones is 1. The van der Waals surface area contributed by atoms with Crippen LogP contribution in [0.5, 0.6) is 0 Å². The number of aliphatic hydroxyl groups excluding tert-OH is 1. The van der Waals surface area contributed by atoms with E-state index in [0.717, 1.165) is 0 Å². The molecule has 0 fully saturated rings. The SMILES string of the molecule is Cc1c(C(=O)c2ccccc2)c(=O)n(C)n1C[C@H](O)CN(C(C)C)C(C)C. The van der Waals surface area contributed by atoms with Gasteiger partial charge in [-0.1, -0.05) is 30.3 Å². The Morgan fingerprint density at radius 3 is 2.19 bits per heavy atom. The zero-order valence-electron chi connectivity index (χ0n) is 17.1. The average Bonchev–Trinajstić information content (AvgIpc) is 2.83. The van der Waals surface area contributed by atoms with Crippen LogP contribution in [0, 0.1) is 6.92 Å². The first-order valence-corrected chi connectivity index (χ1v) is 9.45. The van der Waals surface area contributed by atoms with Crippen molar-refractivity contribution in [3.63, 3.8) is 0 Å². The first-order chi connectivity index (χ1) is 12.6. The molecule has 0 radical (unpaired) electrons. The first kappa shape index (κ1) is 21.1. The van der Waals surface area contributed by atoms with Crippen LogP contribution >= 0.6 is 0 Å². The largest absolute Gasteiger partial charge is 0.390 e. The van der Waals surface area contributed by atoms with E-state index in [-0.39, 0.29) is 23.5 Å². The Bertz CT molecular complexity index is 826. The molecule has 1 aromatic heterocycles. The molecule has 0 aliphatic heterocycles. The summed E-state index contributed by atoms with van der Waals surface area (Å²) in [5.74, 6) is -0.284. The summed E-state index contributed by atoms with van der Waals surface area (Å²) >= 11 is 0. The highest BCUT2D eigenvalue weighted by Crippen LogP contribution is 2.13. The van der Waals surface area contributed by atoms with E-state index in [2.05, 4.69) is 32.6 Å². The van der Waals surface area contributed by atoms with Crippen molar-refractivity contribution in [2.75, 3.05) is 6.54 Å². The molecule has 2 aromatic rings. The van der Waals surface area contributed by atoms with Crippen molar-refractivity contribution >= 4 is 5.78 Å². The average molecular weight is 373 g/mol. The maximum absolute atomic E-state index is 12.8. The number of carbonyl (C=O) groups excluding carboxylic acids is 1. The highest BCUT2D eigenvalue weighted by atomic mass is 16.3. The summed E-state index contributed by atoms with van der Waals surface area (Å²) in [7, 11) is 1.63. The Kier molecular flexibility index (Phi) is 6.78. The molecule has 0 amide bonds. The van der Waals surface area contributed by atoms with E-state index in [0.29, 0.717) is 29.9 Å². The molecule has 1 N–H and O–H groups in total. The number of rotatable bonds is 8. The molecule has 27 heavy (non-hydrogen) atoms. The van der Waals surface area contributed by atoms with Gasteiger partial charge < -0.3 is 5.11 Å². The summed E-state index contributed by atoms with van der Waals surface area (Å²) in [6.45, 7) is 10.9. The number of aromatic nitrogens is 2. The van der Waals surface area contributed by atoms with E-state index in [1.807, 2.05) is 6.07 Å². The van der Waals surface area contributed by atoms with Gasteiger partial charge in [0.15, 0.2) is 5.78 Å². The zero-order valence-corrected chi connectivity index (χ0v) is 17.1. The Hall–Kier alpha value is -2.18. The van der Waals surface area contributed by atoms with Gasteiger partial charge in [0.1, 0.15) is 5.56 Å². The molecular formula is C21H31N3O3. The predicted octanol–water partition coefficient (Wildman–Crippen LogP) is 2.21. The Labute approximate surface area is 161 Å². The van der Waals surface area contributed by atoms with Crippen LogP contribution in [0.3, 0.4) is 0 Å². The van der Waals surface area contributed by atoms with Gasteiger partial charge in [-0.3, -0.25) is 23.9 Å². The maximum atomic E-state index is 12.8. The van der Waals surface area contributed by atoms with Crippen LogP contribution in [-0.4, -0.2) is 49.9 Å². The summed E-state index contributed by atoms with van der Waals surface area (Å²) in [5, 5.41) is 10.6. The second-order valence-electron chi connectivity index (χ2n) is 7.60. The second-order valence-corrected chi connectivity index (χ2v) is 7.60. The van der Waals surface area contributed by atoms with E-state index in [1.165, 1.54) is 4.68 Å². The highest BCUT2D eigenvalue weighted by molar-refractivity contribution is 6.09. The summed E-state index contributed by atoms with van der Waals surface area (Å²) in [6.07, 6.45) is -0.647. The Morgan fingerprint density at radius 2 is 1.67 bits per heavy atom. The molecule has 1 heterocycles. The molecule has 148 valence electrons. The van der Waals surface area contributed by atoms with Crippen LogP contribution in [0.25, 0.3) is 0 Å². The smallest absolute Gasteiger partial charge is 0.277 e. The van der Waals surface area contributed by atoms with Gasteiger partial charge in [-0.15, -0.1) is 0 Å². The van der Waals surface area contributed by atoms with Crippen molar-refractivity contribution in [2.45, 2.75) is 59.4 Å². The van der Waals surface area contributed by atoms with Gasteiger partial charge >= 0.3 is 0 Å². The van der Waals surface area contributed by atoms with E-state index < -0.39 is 6.10 Å². The Balaban J connectivity index is 2.29. The number of carbonyl (C=O) groups is 1. The summed E-state index contributed by atoms with van der Waals surface area (Å²) in [6, 6.07) is 9.42. The fourth-order valence-corrected chi connectivity index (χ4v) is 3.55. The van der Waals surface area contributed by atoms with Crippen LogP contribution in [0.1, 0.15) is 49.3 Å². The number of aliphatic hydroxyl groups is 1. The second kappa shape index (κ2) is 8.67. The molecule has 0 spiro atoms. The molecule has 2 rings (SSSR count). The molecule has 0 saturated carbocycles. The van der Waals surface area contributed by atoms with Crippen molar-refractivity contribution in [2.24, 2.45) is 7.05 Å². The van der Waals surface area contributed by atoms with Crippen LogP contribution in [0.15, 0.2) is 35.1 Å². The quantitative estimate of drug-likeness (QED) is 0.721. The van der Waals surface area contributed by atoms with Crippen molar-refractivity contribution in [3.05, 3.63) is 57.5 Å². The van der Waals surface area contributed by atoms with Gasteiger partial charge in [0.2, 0.25) is 0 Å². The molecule has 0 aliphatic rings. The normalized spacial score (nSPS) is 13.0. The van der Waals surface area contributed by atoms with E-state index in [4.69, 9.17) is 0 Å². The van der Waals surface area contributed by atoms with Crippen molar-refractivity contribution in [1.82, 2.24) is 14.3 Å². The maximum Gasteiger partial charge on any atom is 0.277 e.